The lowest BCUT2D eigenvalue weighted by molar-refractivity contribution is -0.141. The Labute approximate surface area is 177 Å². The van der Waals surface area contributed by atoms with Crippen LogP contribution >= 0.6 is 11.6 Å². The van der Waals surface area contributed by atoms with Crippen LogP contribution < -0.4 is 10.3 Å². The van der Waals surface area contributed by atoms with E-state index in [0.29, 0.717) is 38.9 Å². The Bertz CT molecular complexity index is 1120. The van der Waals surface area contributed by atoms with Crippen molar-refractivity contribution in [3.05, 3.63) is 57.6 Å². The van der Waals surface area contributed by atoms with Gasteiger partial charge in [-0.15, -0.1) is 0 Å². The fourth-order valence-electron chi connectivity index (χ4n) is 3.20. The SMILES string of the molecule is COCCC(C(=O)O)n1cc(OC)c(-c2cc(Cl)ccc2-c2cc(C)no2)cc1=O. The van der Waals surface area contributed by atoms with E-state index >= 15 is 0 Å². The molecule has 0 aliphatic carbocycles. The quantitative estimate of drug-likeness (QED) is 0.577. The van der Waals surface area contributed by atoms with Crippen molar-refractivity contribution in [1.29, 1.82) is 0 Å². The molecule has 0 saturated heterocycles. The minimum Gasteiger partial charge on any atom is -0.495 e. The number of carboxylic acid groups (broad SMARTS) is 1. The lowest BCUT2D eigenvalue weighted by Gasteiger charge is -2.19. The highest BCUT2D eigenvalue weighted by atomic mass is 35.5. The van der Waals surface area contributed by atoms with Crippen molar-refractivity contribution < 1.29 is 23.9 Å². The predicted octanol–water partition coefficient (Wildman–Crippen LogP) is 3.80. The van der Waals surface area contributed by atoms with Crippen molar-refractivity contribution in [2.75, 3.05) is 20.8 Å². The molecule has 1 unspecified atom stereocenters. The maximum Gasteiger partial charge on any atom is 0.326 e. The van der Waals surface area contributed by atoms with Crippen LogP contribution in [0.5, 0.6) is 5.75 Å². The van der Waals surface area contributed by atoms with Gasteiger partial charge < -0.3 is 19.1 Å². The molecule has 0 aliphatic heterocycles. The van der Waals surface area contributed by atoms with Gasteiger partial charge in [-0.2, -0.15) is 0 Å². The summed E-state index contributed by atoms with van der Waals surface area (Å²) in [5.74, 6) is -0.309. The number of aromatic nitrogens is 2. The van der Waals surface area contributed by atoms with Crippen molar-refractivity contribution in [3.63, 3.8) is 0 Å². The van der Waals surface area contributed by atoms with Gasteiger partial charge in [0.2, 0.25) is 0 Å². The Morgan fingerprint density at radius 1 is 1.23 bits per heavy atom. The molecule has 1 aromatic carbocycles. The number of methoxy groups -OCH3 is 2. The lowest BCUT2D eigenvalue weighted by Crippen LogP contribution is -2.30. The van der Waals surface area contributed by atoms with Gasteiger partial charge >= 0.3 is 5.97 Å². The first-order valence-corrected chi connectivity index (χ1v) is 9.49. The first-order valence-electron chi connectivity index (χ1n) is 9.11. The third kappa shape index (κ3) is 4.39. The molecule has 2 aromatic heterocycles. The molecule has 158 valence electrons. The number of rotatable bonds is 8. The summed E-state index contributed by atoms with van der Waals surface area (Å²) < 4.78 is 17.0. The molecule has 0 radical (unpaired) electrons. The molecule has 9 heteroatoms. The molecule has 30 heavy (non-hydrogen) atoms. The van der Waals surface area contributed by atoms with E-state index in [-0.39, 0.29) is 13.0 Å². The number of halogens is 1. The average Bonchev–Trinajstić information content (AvgIpc) is 3.14. The monoisotopic (exact) mass is 432 g/mol. The zero-order valence-electron chi connectivity index (χ0n) is 16.7. The van der Waals surface area contributed by atoms with Crippen molar-refractivity contribution in [1.82, 2.24) is 9.72 Å². The van der Waals surface area contributed by atoms with Gasteiger partial charge in [0.25, 0.3) is 5.56 Å². The van der Waals surface area contributed by atoms with Gasteiger partial charge in [-0.3, -0.25) is 9.36 Å². The normalized spacial score (nSPS) is 12.0. The first-order chi connectivity index (χ1) is 14.3. The molecule has 2 heterocycles. The second kappa shape index (κ2) is 9.15. The van der Waals surface area contributed by atoms with Crippen LogP contribution in [0.1, 0.15) is 18.2 Å². The number of carboxylic acids is 1. The van der Waals surface area contributed by atoms with Gasteiger partial charge in [-0.05, 0) is 30.7 Å². The van der Waals surface area contributed by atoms with Crippen molar-refractivity contribution in [2.45, 2.75) is 19.4 Å². The molecule has 8 nitrogen and oxygen atoms in total. The van der Waals surface area contributed by atoms with E-state index in [4.69, 9.17) is 25.6 Å². The van der Waals surface area contributed by atoms with Gasteiger partial charge in [0, 0.05) is 48.4 Å². The summed E-state index contributed by atoms with van der Waals surface area (Å²) in [6, 6.07) is 7.18. The molecule has 0 aliphatic rings. The largest absolute Gasteiger partial charge is 0.495 e. The van der Waals surface area contributed by atoms with Crippen LogP contribution in [0.25, 0.3) is 22.5 Å². The topological polar surface area (TPSA) is 104 Å². The zero-order chi connectivity index (χ0) is 21.8. The fourth-order valence-corrected chi connectivity index (χ4v) is 3.37. The summed E-state index contributed by atoms with van der Waals surface area (Å²) in [6.07, 6.45) is 1.52. The number of ether oxygens (including phenoxy) is 2. The molecule has 0 fully saturated rings. The van der Waals surface area contributed by atoms with E-state index in [1.807, 2.05) is 0 Å². The van der Waals surface area contributed by atoms with E-state index in [9.17, 15) is 14.7 Å². The Morgan fingerprint density at radius 2 is 2.00 bits per heavy atom. The van der Waals surface area contributed by atoms with Gasteiger partial charge in [-0.1, -0.05) is 16.8 Å². The van der Waals surface area contributed by atoms with Gasteiger partial charge in [0.15, 0.2) is 5.76 Å². The third-order valence-corrected chi connectivity index (χ3v) is 4.88. The minimum absolute atomic E-state index is 0.133. The van der Waals surface area contributed by atoms with Crippen LogP contribution in [0.15, 0.2) is 45.8 Å². The number of pyridine rings is 1. The highest BCUT2D eigenvalue weighted by molar-refractivity contribution is 6.31. The van der Waals surface area contributed by atoms with Crippen LogP contribution in [-0.4, -0.2) is 41.6 Å². The highest BCUT2D eigenvalue weighted by Gasteiger charge is 2.24. The smallest absolute Gasteiger partial charge is 0.326 e. The van der Waals surface area contributed by atoms with E-state index in [0.717, 1.165) is 4.57 Å². The van der Waals surface area contributed by atoms with E-state index < -0.39 is 17.6 Å². The van der Waals surface area contributed by atoms with Crippen LogP contribution in [0, 0.1) is 6.92 Å². The molecule has 0 saturated carbocycles. The predicted molar refractivity (Wildman–Crippen MR) is 111 cm³/mol. The van der Waals surface area contributed by atoms with E-state index in [2.05, 4.69) is 5.16 Å². The summed E-state index contributed by atoms with van der Waals surface area (Å²) in [5.41, 5.74) is 1.94. The fraction of sp³-hybridized carbons (Fsp3) is 0.286. The van der Waals surface area contributed by atoms with E-state index in [1.165, 1.54) is 26.5 Å². The molecule has 0 amide bonds. The number of benzene rings is 1. The van der Waals surface area contributed by atoms with Crippen LogP contribution in [0.2, 0.25) is 5.02 Å². The van der Waals surface area contributed by atoms with Crippen LogP contribution in [0.4, 0.5) is 0 Å². The summed E-state index contributed by atoms with van der Waals surface area (Å²) in [4.78, 5) is 24.6. The summed E-state index contributed by atoms with van der Waals surface area (Å²) in [7, 11) is 2.92. The second-order valence-corrected chi connectivity index (χ2v) is 7.10. The number of aryl methyl sites for hydroxylation is 1. The molecule has 1 N–H and O–H groups in total. The molecule has 3 aromatic rings. The molecule has 3 rings (SSSR count). The standard InChI is InChI=1S/C21H21ClN2O6/c1-12-8-18(30-23-12)14-5-4-13(22)9-15(14)16-10-20(25)24(11-19(16)29-3)17(21(26)27)6-7-28-2/h4-5,8-11,17H,6-7H2,1-3H3,(H,26,27). The number of carbonyl (C=O) groups is 1. The zero-order valence-corrected chi connectivity index (χ0v) is 17.5. The van der Waals surface area contributed by atoms with Crippen LogP contribution in [0.3, 0.4) is 0 Å². The second-order valence-electron chi connectivity index (χ2n) is 6.66. The molecule has 0 bridgehead atoms. The Balaban J connectivity index is 2.19. The minimum atomic E-state index is -1.13. The summed E-state index contributed by atoms with van der Waals surface area (Å²) in [5, 5.41) is 13.9. The Morgan fingerprint density at radius 3 is 2.60 bits per heavy atom. The number of hydrogen-bond acceptors (Lipinski definition) is 6. The van der Waals surface area contributed by atoms with Gasteiger partial charge in [0.05, 0.1) is 19.0 Å². The van der Waals surface area contributed by atoms with E-state index in [1.54, 1.807) is 31.2 Å². The summed E-state index contributed by atoms with van der Waals surface area (Å²) in [6.45, 7) is 1.99. The van der Waals surface area contributed by atoms with Crippen LogP contribution in [-0.2, 0) is 9.53 Å². The molecule has 0 spiro atoms. The van der Waals surface area contributed by atoms with Crippen molar-refractivity contribution in [3.8, 4) is 28.2 Å². The van der Waals surface area contributed by atoms with Gasteiger partial charge in [-0.25, -0.2) is 4.79 Å². The lowest BCUT2D eigenvalue weighted by atomic mass is 9.97. The van der Waals surface area contributed by atoms with Crippen molar-refractivity contribution in [2.24, 2.45) is 0 Å². The number of aliphatic carboxylic acids is 1. The highest BCUT2D eigenvalue weighted by Crippen LogP contribution is 2.38. The Kier molecular flexibility index (Phi) is 6.59. The molecular formula is C21H21ClN2O6. The number of nitrogens with zero attached hydrogens (tertiary/aromatic N) is 2. The maximum absolute atomic E-state index is 12.9. The Hall–Kier alpha value is -3.10. The van der Waals surface area contributed by atoms with Gasteiger partial charge in [0.1, 0.15) is 11.8 Å². The average molecular weight is 433 g/mol. The maximum atomic E-state index is 12.9. The molecular weight excluding hydrogens is 412 g/mol. The third-order valence-electron chi connectivity index (χ3n) is 4.65. The number of hydrogen-bond donors (Lipinski definition) is 1. The molecule has 1 atom stereocenters. The van der Waals surface area contributed by atoms with Crippen molar-refractivity contribution >= 4 is 17.6 Å². The summed E-state index contributed by atoms with van der Waals surface area (Å²) >= 11 is 6.21. The first kappa shape index (κ1) is 21.6.